The summed E-state index contributed by atoms with van der Waals surface area (Å²) in [5.41, 5.74) is -0.995. The topological polar surface area (TPSA) is 84.9 Å². The lowest BCUT2D eigenvalue weighted by Crippen LogP contribution is -2.57. The summed E-state index contributed by atoms with van der Waals surface area (Å²) in [7, 11) is 1.44. The van der Waals surface area contributed by atoms with Gasteiger partial charge < -0.3 is 19.9 Å². The molecule has 1 aromatic carbocycles. The van der Waals surface area contributed by atoms with E-state index >= 15 is 0 Å². The minimum absolute atomic E-state index is 0.235. The Balaban J connectivity index is 2.21. The summed E-state index contributed by atoms with van der Waals surface area (Å²) in [6, 6.07) is 4.54. The fourth-order valence-corrected chi connectivity index (χ4v) is 2.40. The van der Waals surface area contributed by atoms with E-state index < -0.39 is 17.4 Å². The molecule has 1 heterocycles. The average molecular weight is 314 g/mol. The molecule has 6 nitrogen and oxygen atoms in total. The summed E-state index contributed by atoms with van der Waals surface area (Å²) in [5.74, 6) is -1.17. The Morgan fingerprint density at radius 2 is 2.05 bits per heavy atom. The SMILES string of the molecule is COc1cc(C(=O)NC2(C(=O)O)CCOCC2)ccc1Cl. The third-order valence-electron chi connectivity index (χ3n) is 3.52. The Labute approximate surface area is 127 Å². The molecular weight excluding hydrogens is 298 g/mol. The molecule has 2 rings (SSSR count). The third kappa shape index (κ3) is 3.28. The third-order valence-corrected chi connectivity index (χ3v) is 3.83. The summed E-state index contributed by atoms with van der Waals surface area (Å²) >= 11 is 5.90. The molecule has 1 aliphatic rings. The Kier molecular flexibility index (Phi) is 4.69. The van der Waals surface area contributed by atoms with Crippen LogP contribution in [-0.2, 0) is 9.53 Å². The monoisotopic (exact) mass is 313 g/mol. The van der Waals surface area contributed by atoms with Gasteiger partial charge in [-0.05, 0) is 18.2 Å². The first-order valence-corrected chi connectivity index (χ1v) is 6.83. The van der Waals surface area contributed by atoms with Gasteiger partial charge in [0.05, 0.1) is 12.1 Å². The standard InChI is InChI=1S/C14H16ClNO5/c1-20-11-8-9(2-3-10(11)15)12(17)16-14(13(18)19)4-6-21-7-5-14/h2-3,8H,4-7H2,1H3,(H,16,17)(H,18,19). The molecule has 0 spiro atoms. The maximum atomic E-state index is 12.3. The number of carboxylic acids is 1. The van der Waals surface area contributed by atoms with E-state index in [2.05, 4.69) is 5.32 Å². The quantitative estimate of drug-likeness (QED) is 0.884. The zero-order chi connectivity index (χ0) is 15.5. The second kappa shape index (κ2) is 6.32. The van der Waals surface area contributed by atoms with Gasteiger partial charge >= 0.3 is 5.97 Å². The van der Waals surface area contributed by atoms with Crippen molar-refractivity contribution in [2.75, 3.05) is 20.3 Å². The van der Waals surface area contributed by atoms with Crippen molar-refractivity contribution in [3.8, 4) is 5.75 Å². The van der Waals surface area contributed by atoms with Crippen LogP contribution in [-0.4, -0.2) is 42.8 Å². The van der Waals surface area contributed by atoms with E-state index in [9.17, 15) is 14.7 Å². The van der Waals surface area contributed by atoms with Gasteiger partial charge in [0.2, 0.25) is 0 Å². The fraction of sp³-hybridized carbons (Fsp3) is 0.429. The van der Waals surface area contributed by atoms with E-state index in [1.54, 1.807) is 0 Å². The summed E-state index contributed by atoms with van der Waals surface area (Å²) in [6.45, 7) is 0.604. The highest BCUT2D eigenvalue weighted by Crippen LogP contribution is 2.26. The van der Waals surface area contributed by atoms with Gasteiger partial charge in [-0.1, -0.05) is 11.6 Å². The summed E-state index contributed by atoms with van der Waals surface area (Å²) in [6.07, 6.45) is 0.470. The largest absolute Gasteiger partial charge is 0.495 e. The van der Waals surface area contributed by atoms with Gasteiger partial charge in [0.15, 0.2) is 0 Å². The van der Waals surface area contributed by atoms with Gasteiger partial charge in [-0.15, -0.1) is 0 Å². The van der Waals surface area contributed by atoms with Gasteiger partial charge in [-0.3, -0.25) is 4.79 Å². The van der Waals surface area contributed by atoms with E-state index in [4.69, 9.17) is 21.1 Å². The molecule has 0 aliphatic carbocycles. The van der Waals surface area contributed by atoms with Crippen molar-refractivity contribution in [1.82, 2.24) is 5.32 Å². The molecule has 1 aliphatic heterocycles. The van der Waals surface area contributed by atoms with Gasteiger partial charge in [-0.2, -0.15) is 0 Å². The zero-order valence-corrected chi connectivity index (χ0v) is 12.3. The van der Waals surface area contributed by atoms with Crippen LogP contribution in [0.25, 0.3) is 0 Å². The van der Waals surface area contributed by atoms with Crippen molar-refractivity contribution >= 4 is 23.5 Å². The Hall–Kier alpha value is -1.79. The van der Waals surface area contributed by atoms with E-state index in [1.165, 1.54) is 25.3 Å². The predicted octanol–water partition coefficient (Wildman–Crippen LogP) is 1.71. The highest BCUT2D eigenvalue weighted by atomic mass is 35.5. The van der Waals surface area contributed by atoms with E-state index in [0.29, 0.717) is 29.5 Å². The van der Waals surface area contributed by atoms with Crippen molar-refractivity contribution in [2.24, 2.45) is 0 Å². The molecule has 1 saturated heterocycles. The maximum Gasteiger partial charge on any atom is 0.329 e. The highest BCUT2D eigenvalue weighted by Gasteiger charge is 2.41. The summed E-state index contributed by atoms with van der Waals surface area (Å²) < 4.78 is 10.2. The average Bonchev–Trinajstić information content (AvgIpc) is 2.48. The molecule has 21 heavy (non-hydrogen) atoms. The molecule has 0 radical (unpaired) electrons. The van der Waals surface area contributed by atoms with Gasteiger partial charge in [0.25, 0.3) is 5.91 Å². The number of rotatable bonds is 4. The molecule has 7 heteroatoms. The van der Waals surface area contributed by atoms with Gasteiger partial charge in [0, 0.05) is 31.6 Å². The van der Waals surface area contributed by atoms with Crippen LogP contribution in [0, 0.1) is 0 Å². The molecule has 0 bridgehead atoms. The number of methoxy groups -OCH3 is 1. The zero-order valence-electron chi connectivity index (χ0n) is 11.5. The maximum absolute atomic E-state index is 12.3. The number of nitrogens with one attached hydrogen (secondary N) is 1. The lowest BCUT2D eigenvalue weighted by molar-refractivity contribution is -0.148. The molecule has 114 valence electrons. The number of hydrogen-bond donors (Lipinski definition) is 2. The van der Waals surface area contributed by atoms with Crippen LogP contribution < -0.4 is 10.1 Å². The molecule has 0 atom stereocenters. The minimum Gasteiger partial charge on any atom is -0.495 e. The molecule has 1 fully saturated rings. The number of hydrogen-bond acceptors (Lipinski definition) is 4. The Morgan fingerprint density at radius 1 is 1.38 bits per heavy atom. The summed E-state index contributed by atoms with van der Waals surface area (Å²) in [5, 5.41) is 12.4. The van der Waals surface area contributed by atoms with Crippen LogP contribution in [0.2, 0.25) is 5.02 Å². The first kappa shape index (κ1) is 15.6. The number of halogens is 1. The number of carbonyl (C=O) groups excluding carboxylic acids is 1. The minimum atomic E-state index is -1.29. The van der Waals surface area contributed by atoms with Crippen molar-refractivity contribution in [3.05, 3.63) is 28.8 Å². The number of benzene rings is 1. The van der Waals surface area contributed by atoms with Crippen molar-refractivity contribution in [2.45, 2.75) is 18.4 Å². The van der Waals surface area contributed by atoms with Crippen molar-refractivity contribution in [1.29, 1.82) is 0 Å². The smallest absolute Gasteiger partial charge is 0.329 e. The van der Waals surface area contributed by atoms with Crippen molar-refractivity contribution < 1.29 is 24.2 Å². The van der Waals surface area contributed by atoms with Crippen LogP contribution in [0.3, 0.4) is 0 Å². The fourth-order valence-electron chi connectivity index (χ4n) is 2.20. The normalized spacial score (nSPS) is 17.0. The van der Waals surface area contributed by atoms with Gasteiger partial charge in [-0.25, -0.2) is 4.79 Å². The van der Waals surface area contributed by atoms with Crippen LogP contribution in [0.4, 0.5) is 0 Å². The molecule has 0 aromatic heterocycles. The van der Waals surface area contributed by atoms with E-state index in [0.717, 1.165) is 0 Å². The lowest BCUT2D eigenvalue weighted by Gasteiger charge is -2.33. The summed E-state index contributed by atoms with van der Waals surface area (Å²) in [4.78, 5) is 23.8. The second-order valence-electron chi connectivity index (χ2n) is 4.80. The van der Waals surface area contributed by atoms with Gasteiger partial charge in [0.1, 0.15) is 11.3 Å². The highest BCUT2D eigenvalue weighted by molar-refractivity contribution is 6.32. The molecule has 0 saturated carbocycles. The number of carbonyl (C=O) groups is 2. The lowest BCUT2D eigenvalue weighted by atomic mass is 9.89. The molecule has 0 unspecified atom stereocenters. The van der Waals surface area contributed by atoms with E-state index in [1.807, 2.05) is 0 Å². The number of amides is 1. The predicted molar refractivity (Wildman–Crippen MR) is 75.9 cm³/mol. The number of carboxylic acid groups (broad SMARTS) is 1. The van der Waals surface area contributed by atoms with Crippen LogP contribution in [0.15, 0.2) is 18.2 Å². The molecule has 1 amide bonds. The Morgan fingerprint density at radius 3 is 2.62 bits per heavy atom. The molecule has 2 N–H and O–H groups in total. The van der Waals surface area contributed by atoms with Crippen LogP contribution >= 0.6 is 11.6 Å². The number of aliphatic carboxylic acids is 1. The first-order valence-electron chi connectivity index (χ1n) is 6.46. The first-order chi connectivity index (χ1) is 9.98. The van der Waals surface area contributed by atoms with Crippen LogP contribution in [0.1, 0.15) is 23.2 Å². The van der Waals surface area contributed by atoms with Crippen molar-refractivity contribution in [3.63, 3.8) is 0 Å². The second-order valence-corrected chi connectivity index (χ2v) is 5.21. The van der Waals surface area contributed by atoms with E-state index in [-0.39, 0.29) is 12.8 Å². The molecular formula is C14H16ClNO5. The van der Waals surface area contributed by atoms with Crippen LogP contribution in [0.5, 0.6) is 5.75 Å². The molecule has 1 aromatic rings. The Bertz CT molecular complexity index is 554. The number of ether oxygens (including phenoxy) is 2.